The van der Waals surface area contributed by atoms with E-state index >= 15 is 0 Å². The fourth-order valence-corrected chi connectivity index (χ4v) is 2.99. The molecule has 0 bridgehead atoms. The molecule has 1 aromatic carbocycles. The number of rotatable bonds is 6. The highest BCUT2D eigenvalue weighted by Crippen LogP contribution is 2.23. The summed E-state index contributed by atoms with van der Waals surface area (Å²) in [4.78, 5) is 27.6. The number of carbonyl (C=O) groups is 2. The van der Waals surface area contributed by atoms with Gasteiger partial charge in [-0.25, -0.2) is 4.98 Å². The number of amides is 1. The first kappa shape index (κ1) is 14.7. The van der Waals surface area contributed by atoms with Crippen molar-refractivity contribution in [1.29, 1.82) is 0 Å². The minimum absolute atomic E-state index is 0.00905. The Hall–Kier alpha value is -1.75. The first-order valence-electron chi connectivity index (χ1n) is 6.73. The van der Waals surface area contributed by atoms with E-state index in [0.717, 1.165) is 21.6 Å². The van der Waals surface area contributed by atoms with Crippen LogP contribution in [0, 0.1) is 6.92 Å². The molecule has 0 aliphatic carbocycles. The van der Waals surface area contributed by atoms with Gasteiger partial charge in [-0.3, -0.25) is 9.59 Å². The topological polar surface area (TPSA) is 59.1 Å². The van der Waals surface area contributed by atoms with Crippen molar-refractivity contribution in [1.82, 2.24) is 10.3 Å². The Morgan fingerprint density at radius 1 is 1.35 bits per heavy atom. The average molecular weight is 290 g/mol. The second-order valence-corrected chi connectivity index (χ2v) is 5.94. The number of thiazole rings is 1. The van der Waals surface area contributed by atoms with Crippen LogP contribution in [0.15, 0.2) is 18.2 Å². The van der Waals surface area contributed by atoms with Gasteiger partial charge in [-0.2, -0.15) is 0 Å². The molecule has 0 radical (unpaired) electrons. The minimum Gasteiger partial charge on any atom is -0.349 e. The highest BCUT2D eigenvalue weighted by atomic mass is 32.1. The molecule has 0 aliphatic heterocycles. The lowest BCUT2D eigenvalue weighted by Crippen LogP contribution is -2.29. The number of aryl methyl sites for hydroxylation is 1. The zero-order valence-electron chi connectivity index (χ0n) is 11.7. The first-order chi connectivity index (χ1) is 9.58. The molecule has 1 amide bonds. The Morgan fingerprint density at radius 3 is 2.90 bits per heavy atom. The highest BCUT2D eigenvalue weighted by molar-refractivity contribution is 7.18. The minimum atomic E-state index is -0.0687. The molecule has 2 rings (SSSR count). The number of hydrogen-bond acceptors (Lipinski definition) is 4. The lowest BCUT2D eigenvalue weighted by Gasteiger charge is -2.01. The van der Waals surface area contributed by atoms with Crippen molar-refractivity contribution in [3.8, 4) is 0 Å². The molecule has 0 saturated heterocycles. The molecule has 0 spiro atoms. The van der Waals surface area contributed by atoms with Crippen LogP contribution in [-0.4, -0.2) is 23.2 Å². The molecule has 1 aromatic heterocycles. The number of carbonyl (C=O) groups excluding carboxylic acids is 2. The molecule has 106 valence electrons. The monoisotopic (exact) mass is 290 g/mol. The van der Waals surface area contributed by atoms with Crippen LogP contribution in [-0.2, 0) is 16.0 Å². The van der Waals surface area contributed by atoms with Crippen LogP contribution in [0.1, 0.15) is 30.3 Å². The molecule has 20 heavy (non-hydrogen) atoms. The summed E-state index contributed by atoms with van der Waals surface area (Å²) in [6, 6.07) is 6.06. The summed E-state index contributed by atoms with van der Waals surface area (Å²) in [5.41, 5.74) is 2.12. The maximum Gasteiger partial charge on any atom is 0.220 e. The van der Waals surface area contributed by atoms with Gasteiger partial charge < -0.3 is 5.32 Å². The smallest absolute Gasteiger partial charge is 0.220 e. The summed E-state index contributed by atoms with van der Waals surface area (Å²) in [6.07, 6.45) is 1.54. The average Bonchev–Trinajstić information content (AvgIpc) is 2.78. The SMILES string of the molecule is CCCC(=O)NCC(=O)Cc1nc2ccc(C)cc2s1. The van der Waals surface area contributed by atoms with E-state index < -0.39 is 0 Å². The number of ketones is 1. The van der Waals surface area contributed by atoms with Crippen LogP contribution in [0.25, 0.3) is 10.2 Å². The van der Waals surface area contributed by atoms with Gasteiger partial charge in [0.2, 0.25) is 5.91 Å². The van der Waals surface area contributed by atoms with Crippen LogP contribution in [0.4, 0.5) is 0 Å². The molecule has 0 fully saturated rings. The molecular formula is C15H18N2O2S. The Labute approximate surface area is 122 Å². The first-order valence-corrected chi connectivity index (χ1v) is 7.54. The molecule has 1 N–H and O–H groups in total. The number of fused-ring (bicyclic) bond motifs is 1. The van der Waals surface area contributed by atoms with E-state index in [1.807, 2.05) is 26.0 Å². The van der Waals surface area contributed by atoms with E-state index in [1.54, 1.807) is 0 Å². The van der Waals surface area contributed by atoms with E-state index in [2.05, 4.69) is 16.4 Å². The third-order valence-electron chi connectivity index (χ3n) is 2.90. The largest absolute Gasteiger partial charge is 0.349 e. The second-order valence-electron chi connectivity index (χ2n) is 4.82. The van der Waals surface area contributed by atoms with Gasteiger partial charge >= 0.3 is 0 Å². The Morgan fingerprint density at radius 2 is 2.15 bits per heavy atom. The van der Waals surface area contributed by atoms with Gasteiger partial charge in [0.1, 0.15) is 5.01 Å². The molecule has 1 heterocycles. The summed E-state index contributed by atoms with van der Waals surface area (Å²) >= 11 is 1.54. The van der Waals surface area contributed by atoms with Gasteiger partial charge in [-0.15, -0.1) is 11.3 Å². The summed E-state index contributed by atoms with van der Waals surface area (Å²) in [5.74, 6) is -0.0778. The second kappa shape index (κ2) is 6.61. The number of nitrogens with one attached hydrogen (secondary N) is 1. The van der Waals surface area contributed by atoms with Crippen LogP contribution in [0.2, 0.25) is 0 Å². The molecule has 0 unspecified atom stereocenters. The molecule has 0 saturated carbocycles. The van der Waals surface area contributed by atoms with Crippen molar-refractivity contribution in [3.63, 3.8) is 0 Å². The summed E-state index contributed by atoms with van der Waals surface area (Å²) in [5, 5.41) is 3.44. The number of Topliss-reactive ketones (excluding diaryl/α,β-unsaturated/α-hetero) is 1. The van der Waals surface area contributed by atoms with Gasteiger partial charge in [0.25, 0.3) is 0 Å². The Bertz CT molecular complexity index is 634. The fraction of sp³-hybridized carbons (Fsp3) is 0.400. The van der Waals surface area contributed by atoms with Crippen molar-refractivity contribution >= 4 is 33.2 Å². The molecule has 4 nitrogen and oxygen atoms in total. The predicted octanol–water partition coefficient (Wildman–Crippen LogP) is 2.63. The zero-order chi connectivity index (χ0) is 14.5. The van der Waals surface area contributed by atoms with E-state index in [-0.39, 0.29) is 24.7 Å². The molecule has 5 heteroatoms. The third kappa shape index (κ3) is 3.87. The number of aromatic nitrogens is 1. The fourth-order valence-electron chi connectivity index (χ4n) is 1.90. The third-order valence-corrected chi connectivity index (χ3v) is 3.91. The van der Waals surface area contributed by atoms with Crippen molar-refractivity contribution in [2.75, 3.05) is 6.54 Å². The molecule has 0 aliphatic rings. The van der Waals surface area contributed by atoms with Crippen molar-refractivity contribution in [3.05, 3.63) is 28.8 Å². The number of nitrogens with zero attached hydrogens (tertiary/aromatic N) is 1. The zero-order valence-corrected chi connectivity index (χ0v) is 12.5. The lowest BCUT2D eigenvalue weighted by molar-refractivity contribution is -0.124. The van der Waals surface area contributed by atoms with Crippen molar-refractivity contribution in [2.24, 2.45) is 0 Å². The van der Waals surface area contributed by atoms with E-state index in [1.165, 1.54) is 16.9 Å². The van der Waals surface area contributed by atoms with Gasteiger partial charge in [0, 0.05) is 6.42 Å². The van der Waals surface area contributed by atoms with Crippen molar-refractivity contribution < 1.29 is 9.59 Å². The maximum atomic E-state index is 11.8. The quantitative estimate of drug-likeness (QED) is 0.889. The van der Waals surface area contributed by atoms with Gasteiger partial charge in [-0.05, 0) is 31.0 Å². The van der Waals surface area contributed by atoms with Gasteiger partial charge in [-0.1, -0.05) is 13.0 Å². The summed E-state index contributed by atoms with van der Waals surface area (Å²) in [7, 11) is 0. The van der Waals surface area contributed by atoms with Crippen LogP contribution >= 0.6 is 11.3 Å². The summed E-state index contributed by atoms with van der Waals surface area (Å²) in [6.45, 7) is 4.06. The van der Waals surface area contributed by atoms with E-state index in [0.29, 0.717) is 6.42 Å². The van der Waals surface area contributed by atoms with Crippen LogP contribution in [0.3, 0.4) is 0 Å². The maximum absolute atomic E-state index is 11.8. The molecular weight excluding hydrogens is 272 g/mol. The Kier molecular flexibility index (Phi) is 4.84. The van der Waals surface area contributed by atoms with Crippen molar-refractivity contribution in [2.45, 2.75) is 33.1 Å². The van der Waals surface area contributed by atoms with Gasteiger partial charge in [0.05, 0.1) is 23.2 Å². The number of benzene rings is 1. The number of hydrogen-bond donors (Lipinski definition) is 1. The predicted molar refractivity (Wildman–Crippen MR) is 81.0 cm³/mol. The van der Waals surface area contributed by atoms with Crippen LogP contribution in [0.5, 0.6) is 0 Å². The standard InChI is InChI=1S/C15H18N2O2S/c1-3-4-14(19)16-9-11(18)8-15-17-12-6-5-10(2)7-13(12)20-15/h5-7H,3-4,8-9H2,1-2H3,(H,16,19). The normalized spacial score (nSPS) is 10.7. The van der Waals surface area contributed by atoms with E-state index in [4.69, 9.17) is 0 Å². The summed E-state index contributed by atoms with van der Waals surface area (Å²) < 4.78 is 1.10. The Balaban J connectivity index is 1.94. The van der Waals surface area contributed by atoms with Gasteiger partial charge in [0.15, 0.2) is 5.78 Å². The van der Waals surface area contributed by atoms with Crippen LogP contribution < -0.4 is 5.32 Å². The molecule has 0 atom stereocenters. The lowest BCUT2D eigenvalue weighted by atomic mass is 10.2. The highest BCUT2D eigenvalue weighted by Gasteiger charge is 2.10. The van der Waals surface area contributed by atoms with E-state index in [9.17, 15) is 9.59 Å². The molecule has 2 aromatic rings.